The molecule has 1 aliphatic heterocycles. The Balaban J connectivity index is 0.000000171. The molecule has 0 amide bonds. The van der Waals surface area contributed by atoms with E-state index in [9.17, 15) is 8.42 Å². The molecule has 0 aromatic heterocycles. The van der Waals surface area contributed by atoms with Crippen LogP contribution in [0.25, 0.3) is 0 Å². The van der Waals surface area contributed by atoms with Gasteiger partial charge in [0.1, 0.15) is 0 Å². The van der Waals surface area contributed by atoms with E-state index in [1.54, 1.807) is 0 Å². The number of anilines is 1. The minimum atomic E-state index is -3.67. The van der Waals surface area contributed by atoms with Crippen molar-refractivity contribution in [3.63, 3.8) is 0 Å². The first-order valence-electron chi connectivity index (χ1n) is 4.09. The standard InChI is InChI=1S/C8H9N.H4N2O2S/c1-2-4-8-7(3-1)5-6-9-8;1-5(2,3)4/h1-4,9H,5-6H2;(H4,1,2,3,4). The smallest absolute Gasteiger partial charge is 0.271 e. The summed E-state index contributed by atoms with van der Waals surface area (Å²) in [6.07, 6.45) is 1.19. The van der Waals surface area contributed by atoms with E-state index in [-0.39, 0.29) is 0 Å². The number of benzene rings is 1. The lowest BCUT2D eigenvalue weighted by Crippen LogP contribution is -2.21. The fourth-order valence-electron chi connectivity index (χ4n) is 1.24. The van der Waals surface area contributed by atoms with Gasteiger partial charge < -0.3 is 5.32 Å². The molecule has 0 unspecified atom stereocenters. The molecule has 0 radical (unpaired) electrons. The molecule has 5 nitrogen and oxygen atoms in total. The van der Waals surface area contributed by atoms with Crippen LogP contribution in [-0.2, 0) is 16.6 Å². The second-order valence-corrected chi connectivity index (χ2v) is 4.10. The van der Waals surface area contributed by atoms with Crippen molar-refractivity contribution in [3.8, 4) is 0 Å². The molecule has 5 N–H and O–H groups in total. The van der Waals surface area contributed by atoms with Crippen LogP contribution in [0.2, 0.25) is 0 Å². The maximum atomic E-state index is 9.19. The highest BCUT2D eigenvalue weighted by Crippen LogP contribution is 2.19. The van der Waals surface area contributed by atoms with Gasteiger partial charge in [-0.25, -0.2) is 10.3 Å². The molecule has 1 aliphatic rings. The number of rotatable bonds is 0. The second kappa shape index (κ2) is 4.41. The van der Waals surface area contributed by atoms with Crippen LogP contribution in [0.5, 0.6) is 0 Å². The lowest BCUT2D eigenvalue weighted by Gasteiger charge is -1.94. The average molecular weight is 215 g/mol. The molecular formula is C8H13N3O2S. The van der Waals surface area contributed by atoms with Gasteiger partial charge in [-0.15, -0.1) is 0 Å². The van der Waals surface area contributed by atoms with Crippen molar-refractivity contribution in [2.75, 3.05) is 11.9 Å². The summed E-state index contributed by atoms with van der Waals surface area (Å²) in [5, 5.41) is 11.5. The highest BCUT2D eigenvalue weighted by molar-refractivity contribution is 7.86. The zero-order valence-electron chi connectivity index (χ0n) is 7.60. The van der Waals surface area contributed by atoms with Crippen LogP contribution >= 0.6 is 0 Å². The predicted molar refractivity (Wildman–Crippen MR) is 55.9 cm³/mol. The first-order valence-corrected chi connectivity index (χ1v) is 5.70. The molecule has 0 spiro atoms. The van der Waals surface area contributed by atoms with Crippen molar-refractivity contribution in [2.45, 2.75) is 6.42 Å². The summed E-state index contributed by atoms with van der Waals surface area (Å²) >= 11 is 0. The van der Waals surface area contributed by atoms with Crippen molar-refractivity contribution in [3.05, 3.63) is 29.8 Å². The van der Waals surface area contributed by atoms with Crippen molar-refractivity contribution >= 4 is 15.9 Å². The average Bonchev–Trinajstić information content (AvgIpc) is 2.47. The van der Waals surface area contributed by atoms with Gasteiger partial charge in [-0.3, -0.25) is 0 Å². The normalized spacial score (nSPS) is 13.6. The minimum absolute atomic E-state index is 1.11. The Bertz CT molecular complexity index is 372. The number of hydrogen-bond acceptors (Lipinski definition) is 3. The Hall–Kier alpha value is -1.11. The van der Waals surface area contributed by atoms with Crippen LogP contribution in [0.3, 0.4) is 0 Å². The summed E-state index contributed by atoms with van der Waals surface area (Å²) in [6, 6.07) is 8.46. The fraction of sp³-hybridized carbons (Fsp3) is 0.250. The predicted octanol–water partition coefficient (Wildman–Crippen LogP) is -0.197. The Labute approximate surface area is 83.3 Å². The van der Waals surface area contributed by atoms with E-state index in [4.69, 9.17) is 0 Å². The third-order valence-corrected chi connectivity index (χ3v) is 1.73. The zero-order chi connectivity index (χ0) is 10.6. The molecule has 0 aliphatic carbocycles. The summed E-state index contributed by atoms with van der Waals surface area (Å²) in [5.41, 5.74) is 2.77. The van der Waals surface area contributed by atoms with Crippen LogP contribution in [0, 0.1) is 0 Å². The summed E-state index contributed by atoms with van der Waals surface area (Å²) in [5.74, 6) is 0. The van der Waals surface area contributed by atoms with Gasteiger partial charge in [0, 0.05) is 12.2 Å². The van der Waals surface area contributed by atoms with Gasteiger partial charge in [0.05, 0.1) is 0 Å². The van der Waals surface area contributed by atoms with E-state index in [0.717, 1.165) is 6.54 Å². The number of nitrogens with one attached hydrogen (secondary N) is 1. The summed E-state index contributed by atoms with van der Waals surface area (Å²) in [6.45, 7) is 1.11. The molecule has 0 bridgehead atoms. The lowest BCUT2D eigenvalue weighted by atomic mass is 10.2. The van der Waals surface area contributed by atoms with Gasteiger partial charge in [-0.05, 0) is 18.1 Å². The molecule has 14 heavy (non-hydrogen) atoms. The van der Waals surface area contributed by atoms with Crippen molar-refractivity contribution in [1.29, 1.82) is 0 Å². The molecule has 0 saturated heterocycles. The van der Waals surface area contributed by atoms with Crippen LogP contribution in [-0.4, -0.2) is 15.0 Å². The SMILES string of the molecule is NS(N)(=O)=O.c1ccc2c(c1)CCN2. The van der Waals surface area contributed by atoms with E-state index < -0.39 is 10.2 Å². The van der Waals surface area contributed by atoms with Gasteiger partial charge in [0.2, 0.25) is 0 Å². The van der Waals surface area contributed by atoms with Crippen LogP contribution in [0.15, 0.2) is 24.3 Å². The van der Waals surface area contributed by atoms with Crippen LogP contribution < -0.4 is 15.6 Å². The van der Waals surface area contributed by atoms with Gasteiger partial charge in [0.15, 0.2) is 0 Å². The molecule has 1 aromatic rings. The van der Waals surface area contributed by atoms with E-state index in [1.165, 1.54) is 17.7 Å². The maximum Gasteiger partial charge on any atom is 0.271 e. The molecular weight excluding hydrogens is 202 g/mol. The minimum Gasteiger partial charge on any atom is -0.384 e. The monoisotopic (exact) mass is 215 g/mol. The Morgan fingerprint density at radius 1 is 1.21 bits per heavy atom. The summed E-state index contributed by atoms with van der Waals surface area (Å²) in [7, 11) is -3.67. The van der Waals surface area contributed by atoms with Gasteiger partial charge in [-0.2, -0.15) is 8.42 Å². The second-order valence-electron chi connectivity index (χ2n) is 2.92. The number of hydrogen-bond donors (Lipinski definition) is 3. The molecule has 1 aromatic carbocycles. The van der Waals surface area contributed by atoms with E-state index in [0.29, 0.717) is 0 Å². The first kappa shape index (κ1) is 11.0. The van der Waals surface area contributed by atoms with Crippen molar-refractivity contribution < 1.29 is 8.42 Å². The number of para-hydroxylation sites is 1. The zero-order valence-corrected chi connectivity index (χ0v) is 8.42. The molecule has 1 heterocycles. The Morgan fingerprint density at radius 3 is 2.36 bits per heavy atom. The van der Waals surface area contributed by atoms with Gasteiger partial charge in [-0.1, -0.05) is 18.2 Å². The van der Waals surface area contributed by atoms with E-state index >= 15 is 0 Å². The summed E-state index contributed by atoms with van der Waals surface area (Å²) in [4.78, 5) is 0. The van der Waals surface area contributed by atoms with Crippen molar-refractivity contribution in [2.24, 2.45) is 10.3 Å². The third-order valence-electron chi connectivity index (χ3n) is 1.73. The van der Waals surface area contributed by atoms with Crippen LogP contribution in [0.1, 0.15) is 5.56 Å². The Kier molecular flexibility index (Phi) is 3.45. The lowest BCUT2D eigenvalue weighted by molar-refractivity contribution is 0.599. The first-order chi connectivity index (χ1) is 6.47. The third kappa shape index (κ3) is 4.22. The number of fused-ring (bicyclic) bond motifs is 1. The largest absolute Gasteiger partial charge is 0.384 e. The highest BCUT2D eigenvalue weighted by atomic mass is 32.2. The number of nitrogens with two attached hydrogens (primary N) is 2. The fourth-order valence-corrected chi connectivity index (χ4v) is 1.24. The molecule has 2 rings (SSSR count). The molecule has 6 heteroatoms. The molecule has 0 fully saturated rings. The molecule has 0 saturated carbocycles. The quantitative estimate of drug-likeness (QED) is 0.559. The summed E-state index contributed by atoms with van der Waals surface area (Å²) < 4.78 is 18.4. The molecule has 0 atom stereocenters. The van der Waals surface area contributed by atoms with Gasteiger partial charge in [0.25, 0.3) is 10.2 Å². The van der Waals surface area contributed by atoms with Gasteiger partial charge >= 0.3 is 0 Å². The van der Waals surface area contributed by atoms with Crippen LogP contribution in [0.4, 0.5) is 5.69 Å². The topological polar surface area (TPSA) is 98.2 Å². The van der Waals surface area contributed by atoms with E-state index in [2.05, 4.69) is 39.9 Å². The molecule has 78 valence electrons. The maximum absolute atomic E-state index is 9.19. The highest BCUT2D eigenvalue weighted by Gasteiger charge is 2.05. The van der Waals surface area contributed by atoms with Crippen molar-refractivity contribution in [1.82, 2.24) is 0 Å². The van der Waals surface area contributed by atoms with E-state index in [1.807, 2.05) is 0 Å². The Morgan fingerprint density at radius 2 is 1.79 bits per heavy atom.